The summed E-state index contributed by atoms with van der Waals surface area (Å²) in [5, 5.41) is 5.28. The zero-order valence-corrected chi connectivity index (χ0v) is 21.7. The van der Waals surface area contributed by atoms with Crippen LogP contribution >= 0.6 is 11.3 Å². The van der Waals surface area contributed by atoms with Gasteiger partial charge >= 0.3 is 0 Å². The van der Waals surface area contributed by atoms with Crippen LogP contribution in [0.15, 0.2) is 60.8 Å². The number of rotatable bonds is 2. The zero-order chi connectivity index (χ0) is 23.5. The lowest BCUT2D eigenvalue weighted by molar-refractivity contribution is 0.410. The molecule has 0 bridgehead atoms. The minimum absolute atomic E-state index is 0.0577. The van der Waals surface area contributed by atoms with Gasteiger partial charge in [0.25, 0.3) is 0 Å². The molecular formula is C31H33NS. The molecule has 5 rings (SSSR count). The van der Waals surface area contributed by atoms with Crippen LogP contribution in [0, 0.1) is 12.3 Å². The highest BCUT2D eigenvalue weighted by Gasteiger charge is 2.21. The number of pyridine rings is 1. The zero-order valence-electron chi connectivity index (χ0n) is 20.8. The largest absolute Gasteiger partial charge is 0.255 e. The Bertz CT molecular complexity index is 1510. The average molecular weight is 452 g/mol. The van der Waals surface area contributed by atoms with Gasteiger partial charge in [-0.1, -0.05) is 77.9 Å². The van der Waals surface area contributed by atoms with E-state index in [9.17, 15) is 0 Å². The monoisotopic (exact) mass is 451 g/mol. The van der Waals surface area contributed by atoms with E-state index in [-0.39, 0.29) is 10.8 Å². The molecule has 0 aliphatic rings. The molecule has 2 heterocycles. The Hall–Kier alpha value is -2.71. The van der Waals surface area contributed by atoms with Gasteiger partial charge in [0, 0.05) is 27.2 Å². The molecule has 33 heavy (non-hydrogen) atoms. The molecule has 0 aliphatic heterocycles. The number of aryl methyl sites for hydroxylation is 1. The smallest absolute Gasteiger partial charge is 0.0880 e. The van der Waals surface area contributed by atoms with Crippen molar-refractivity contribution in [2.75, 3.05) is 0 Å². The second kappa shape index (κ2) is 7.67. The lowest BCUT2D eigenvalue weighted by atomic mass is 9.82. The highest BCUT2D eigenvalue weighted by Crippen LogP contribution is 2.43. The van der Waals surface area contributed by atoms with Gasteiger partial charge < -0.3 is 0 Å². The van der Waals surface area contributed by atoms with Crippen molar-refractivity contribution in [3.05, 3.63) is 77.5 Å². The van der Waals surface area contributed by atoms with Crippen molar-refractivity contribution in [3.8, 4) is 11.3 Å². The van der Waals surface area contributed by atoms with E-state index < -0.39 is 0 Å². The Morgan fingerprint density at radius 3 is 2.24 bits per heavy atom. The van der Waals surface area contributed by atoms with Crippen molar-refractivity contribution < 1.29 is 0 Å². The van der Waals surface area contributed by atoms with Gasteiger partial charge in [-0.25, -0.2) is 0 Å². The van der Waals surface area contributed by atoms with Crippen LogP contribution in [0.4, 0.5) is 0 Å². The SMILES string of the molecule is Cc1c(CC(C)(C)C)ccc2c1sc1c(-c3cc(C(C)(C)C)c4ccccc4c3)nccc12. The van der Waals surface area contributed by atoms with Crippen LogP contribution in [-0.4, -0.2) is 4.98 Å². The Balaban J connectivity index is 1.78. The maximum atomic E-state index is 4.92. The number of aromatic nitrogens is 1. The summed E-state index contributed by atoms with van der Waals surface area (Å²) in [6.07, 6.45) is 3.07. The van der Waals surface area contributed by atoms with Gasteiger partial charge in [0.05, 0.1) is 10.4 Å². The highest BCUT2D eigenvalue weighted by atomic mass is 32.1. The topological polar surface area (TPSA) is 12.9 Å². The van der Waals surface area contributed by atoms with Crippen molar-refractivity contribution in [1.82, 2.24) is 4.98 Å². The first-order valence-electron chi connectivity index (χ1n) is 11.9. The van der Waals surface area contributed by atoms with Crippen LogP contribution in [0.2, 0.25) is 0 Å². The van der Waals surface area contributed by atoms with Crippen molar-refractivity contribution in [2.45, 2.75) is 60.3 Å². The maximum absolute atomic E-state index is 4.92. The lowest BCUT2D eigenvalue weighted by Gasteiger charge is -2.22. The molecule has 5 aromatic rings. The van der Waals surface area contributed by atoms with E-state index in [1.165, 1.54) is 53.2 Å². The van der Waals surface area contributed by atoms with Crippen LogP contribution in [-0.2, 0) is 11.8 Å². The van der Waals surface area contributed by atoms with E-state index in [2.05, 4.69) is 103 Å². The normalized spacial score (nSPS) is 12.8. The van der Waals surface area contributed by atoms with Crippen molar-refractivity contribution in [3.63, 3.8) is 0 Å². The van der Waals surface area contributed by atoms with Crippen LogP contribution in [0.5, 0.6) is 0 Å². The van der Waals surface area contributed by atoms with Gasteiger partial charge in [-0.3, -0.25) is 4.98 Å². The first kappa shape index (κ1) is 22.1. The molecule has 0 saturated carbocycles. The van der Waals surface area contributed by atoms with E-state index in [1.54, 1.807) is 0 Å². The van der Waals surface area contributed by atoms with E-state index in [0.717, 1.165) is 12.1 Å². The molecule has 1 nitrogen and oxygen atoms in total. The van der Waals surface area contributed by atoms with Crippen LogP contribution in [0.3, 0.4) is 0 Å². The number of benzene rings is 3. The molecule has 0 aliphatic carbocycles. The molecule has 2 aromatic heterocycles. The first-order valence-corrected chi connectivity index (χ1v) is 12.7. The van der Waals surface area contributed by atoms with Gasteiger partial charge in [-0.2, -0.15) is 0 Å². The fraction of sp³-hybridized carbons (Fsp3) is 0.323. The number of fused-ring (bicyclic) bond motifs is 4. The summed E-state index contributed by atoms with van der Waals surface area (Å²) in [6, 6.07) is 20.3. The van der Waals surface area contributed by atoms with E-state index in [1.807, 2.05) is 17.5 Å². The summed E-state index contributed by atoms with van der Waals surface area (Å²) >= 11 is 1.91. The van der Waals surface area contributed by atoms with Crippen LogP contribution in [0.1, 0.15) is 58.2 Å². The van der Waals surface area contributed by atoms with Crippen molar-refractivity contribution in [2.24, 2.45) is 5.41 Å². The molecule has 0 atom stereocenters. The van der Waals surface area contributed by atoms with Gasteiger partial charge in [0.2, 0.25) is 0 Å². The summed E-state index contributed by atoms with van der Waals surface area (Å²) in [5.41, 5.74) is 6.89. The third kappa shape index (κ3) is 3.95. The quantitative estimate of drug-likeness (QED) is 0.260. The maximum Gasteiger partial charge on any atom is 0.0880 e. The van der Waals surface area contributed by atoms with E-state index in [4.69, 9.17) is 4.98 Å². The molecule has 0 unspecified atom stereocenters. The van der Waals surface area contributed by atoms with E-state index in [0.29, 0.717) is 0 Å². The van der Waals surface area contributed by atoms with Gasteiger partial charge in [0.1, 0.15) is 0 Å². The average Bonchev–Trinajstić information content (AvgIpc) is 3.13. The van der Waals surface area contributed by atoms with Gasteiger partial charge in [0.15, 0.2) is 0 Å². The fourth-order valence-corrected chi connectivity index (χ4v) is 6.31. The summed E-state index contributed by atoms with van der Waals surface area (Å²) in [7, 11) is 0. The Morgan fingerprint density at radius 2 is 1.52 bits per heavy atom. The third-order valence-corrected chi connectivity index (χ3v) is 7.93. The molecule has 0 fully saturated rings. The minimum atomic E-state index is 0.0577. The molecular weight excluding hydrogens is 418 g/mol. The molecule has 0 amide bonds. The molecule has 2 heteroatoms. The standard InChI is InChI=1S/C31H33NS/c1-19-21(18-30(2,3)4)12-13-24-25-14-15-32-27(29(25)33-28(19)24)22-16-20-10-8-9-11-23(20)26(17-22)31(5,6)7/h8-17H,18H2,1-7H3. The summed E-state index contributed by atoms with van der Waals surface area (Å²) in [5.74, 6) is 0. The number of hydrogen-bond donors (Lipinski definition) is 0. The molecule has 0 radical (unpaired) electrons. The summed E-state index contributed by atoms with van der Waals surface area (Å²) in [4.78, 5) is 4.92. The second-order valence-electron chi connectivity index (χ2n) is 11.6. The number of hydrogen-bond acceptors (Lipinski definition) is 2. The molecule has 0 saturated heterocycles. The molecule has 168 valence electrons. The van der Waals surface area contributed by atoms with Crippen LogP contribution < -0.4 is 0 Å². The fourth-order valence-electron chi connectivity index (χ4n) is 4.98. The Morgan fingerprint density at radius 1 is 0.788 bits per heavy atom. The van der Waals surface area contributed by atoms with E-state index >= 15 is 0 Å². The number of nitrogens with zero attached hydrogens (tertiary/aromatic N) is 1. The first-order chi connectivity index (χ1) is 15.5. The second-order valence-corrected chi connectivity index (χ2v) is 12.6. The minimum Gasteiger partial charge on any atom is -0.255 e. The lowest BCUT2D eigenvalue weighted by Crippen LogP contribution is -2.12. The van der Waals surface area contributed by atoms with Crippen LogP contribution in [0.25, 0.3) is 42.2 Å². The van der Waals surface area contributed by atoms with Gasteiger partial charge in [-0.15, -0.1) is 11.3 Å². The predicted octanol–water partition coefficient (Wildman–Crippen LogP) is 9.46. The Labute approximate surface area is 201 Å². The molecule has 0 N–H and O–H groups in total. The molecule has 0 spiro atoms. The van der Waals surface area contributed by atoms with Crippen molar-refractivity contribution >= 4 is 42.3 Å². The van der Waals surface area contributed by atoms with Gasteiger partial charge in [-0.05, 0) is 69.8 Å². The predicted molar refractivity (Wildman–Crippen MR) is 147 cm³/mol. The Kier molecular flexibility index (Phi) is 5.14. The summed E-state index contributed by atoms with van der Waals surface area (Å²) < 4.78 is 2.69. The summed E-state index contributed by atoms with van der Waals surface area (Å²) in [6.45, 7) is 16.1. The van der Waals surface area contributed by atoms with Crippen molar-refractivity contribution in [1.29, 1.82) is 0 Å². The highest BCUT2D eigenvalue weighted by molar-refractivity contribution is 7.26. The molecule has 3 aromatic carbocycles. The third-order valence-electron chi connectivity index (χ3n) is 6.58. The number of thiophene rings is 1.